The lowest BCUT2D eigenvalue weighted by Gasteiger charge is -2.29. The Hall–Kier alpha value is -3.41. The SMILES string of the molecule is CC1(C)C=Cc2c(cc3oc4c(O)c5c(cc4c(=O)c3c2O)C=CC(C)(C)O5)O1. The van der Waals surface area contributed by atoms with Gasteiger partial charge in [-0.05, 0) is 52.0 Å². The zero-order valence-electron chi connectivity index (χ0n) is 16.5. The fraction of sp³-hybridized carbons (Fsp3) is 0.261. The molecule has 0 unspecified atom stereocenters. The molecule has 0 radical (unpaired) electrons. The monoisotopic (exact) mass is 392 g/mol. The van der Waals surface area contributed by atoms with Crippen LogP contribution in [0.1, 0.15) is 38.8 Å². The van der Waals surface area contributed by atoms with Gasteiger partial charge in [-0.3, -0.25) is 4.79 Å². The number of rotatable bonds is 0. The lowest BCUT2D eigenvalue weighted by molar-refractivity contribution is 0.153. The molecule has 3 aromatic rings. The molecule has 0 spiro atoms. The maximum atomic E-state index is 13.2. The highest BCUT2D eigenvalue weighted by molar-refractivity contribution is 6.00. The molecule has 6 heteroatoms. The highest BCUT2D eigenvalue weighted by Crippen LogP contribution is 2.45. The van der Waals surface area contributed by atoms with Gasteiger partial charge in [-0.15, -0.1) is 0 Å². The Bertz CT molecular complexity index is 1340. The number of hydrogen-bond donors (Lipinski definition) is 2. The van der Waals surface area contributed by atoms with E-state index in [2.05, 4.69) is 0 Å². The van der Waals surface area contributed by atoms with E-state index in [1.54, 1.807) is 24.3 Å². The van der Waals surface area contributed by atoms with Crippen molar-refractivity contribution >= 4 is 34.1 Å². The molecule has 0 bridgehead atoms. The molecule has 2 aliphatic rings. The summed E-state index contributed by atoms with van der Waals surface area (Å²) in [4.78, 5) is 13.2. The van der Waals surface area contributed by atoms with Gasteiger partial charge in [0.25, 0.3) is 0 Å². The first-order valence-corrected chi connectivity index (χ1v) is 9.35. The second-order valence-electron chi connectivity index (χ2n) is 8.54. The molecule has 148 valence electrons. The van der Waals surface area contributed by atoms with E-state index in [0.29, 0.717) is 16.9 Å². The van der Waals surface area contributed by atoms with Gasteiger partial charge < -0.3 is 24.1 Å². The number of ether oxygens (including phenoxy) is 2. The van der Waals surface area contributed by atoms with Crippen molar-refractivity contribution in [3.8, 4) is 23.0 Å². The van der Waals surface area contributed by atoms with Crippen LogP contribution < -0.4 is 14.9 Å². The Balaban J connectivity index is 1.87. The number of phenolic OH excluding ortho intramolecular Hbond substituents is 2. The molecule has 29 heavy (non-hydrogen) atoms. The van der Waals surface area contributed by atoms with Gasteiger partial charge >= 0.3 is 0 Å². The van der Waals surface area contributed by atoms with Crippen LogP contribution in [0, 0.1) is 0 Å². The summed E-state index contributed by atoms with van der Waals surface area (Å²) >= 11 is 0. The van der Waals surface area contributed by atoms with Crippen molar-refractivity contribution in [1.82, 2.24) is 0 Å². The molecule has 2 aliphatic heterocycles. The number of benzene rings is 2. The normalized spacial score (nSPS) is 18.2. The first-order valence-electron chi connectivity index (χ1n) is 9.35. The Morgan fingerprint density at radius 2 is 1.59 bits per heavy atom. The third kappa shape index (κ3) is 2.52. The van der Waals surface area contributed by atoms with Gasteiger partial charge in [-0.2, -0.15) is 0 Å². The summed E-state index contributed by atoms with van der Waals surface area (Å²) in [6.45, 7) is 7.50. The van der Waals surface area contributed by atoms with E-state index < -0.39 is 16.6 Å². The molecule has 0 saturated heterocycles. The van der Waals surface area contributed by atoms with Crippen LogP contribution in [0.4, 0.5) is 0 Å². The fourth-order valence-electron chi connectivity index (χ4n) is 3.77. The Morgan fingerprint density at radius 1 is 0.897 bits per heavy atom. The largest absolute Gasteiger partial charge is 0.506 e. The van der Waals surface area contributed by atoms with Gasteiger partial charge in [0, 0.05) is 11.6 Å². The number of fused-ring (bicyclic) bond motifs is 4. The van der Waals surface area contributed by atoms with Crippen LogP contribution in [0.25, 0.3) is 34.1 Å². The van der Waals surface area contributed by atoms with E-state index in [1.807, 2.05) is 39.8 Å². The summed E-state index contributed by atoms with van der Waals surface area (Å²) in [6.07, 6.45) is 7.20. The molecule has 0 amide bonds. The van der Waals surface area contributed by atoms with Gasteiger partial charge in [0.15, 0.2) is 11.3 Å². The van der Waals surface area contributed by atoms with E-state index in [1.165, 1.54) is 0 Å². The predicted molar refractivity (Wildman–Crippen MR) is 111 cm³/mol. The van der Waals surface area contributed by atoms with Gasteiger partial charge in [0.05, 0.1) is 10.9 Å². The molecule has 0 saturated carbocycles. The molecule has 5 rings (SSSR count). The van der Waals surface area contributed by atoms with E-state index in [0.717, 1.165) is 0 Å². The van der Waals surface area contributed by atoms with Crippen molar-refractivity contribution in [3.63, 3.8) is 0 Å². The van der Waals surface area contributed by atoms with Crippen molar-refractivity contribution in [2.45, 2.75) is 38.9 Å². The van der Waals surface area contributed by atoms with Crippen LogP contribution in [0.5, 0.6) is 23.0 Å². The minimum absolute atomic E-state index is 0.0114. The Kier molecular flexibility index (Phi) is 3.26. The van der Waals surface area contributed by atoms with Crippen LogP contribution in [0.3, 0.4) is 0 Å². The topological polar surface area (TPSA) is 89.1 Å². The molecule has 2 N–H and O–H groups in total. The van der Waals surface area contributed by atoms with E-state index in [4.69, 9.17) is 13.9 Å². The van der Waals surface area contributed by atoms with Crippen molar-refractivity contribution in [2.24, 2.45) is 0 Å². The van der Waals surface area contributed by atoms with Crippen LogP contribution in [0.15, 0.2) is 33.5 Å². The Morgan fingerprint density at radius 3 is 2.34 bits per heavy atom. The first-order chi connectivity index (χ1) is 13.6. The van der Waals surface area contributed by atoms with Crippen molar-refractivity contribution < 1.29 is 24.1 Å². The summed E-state index contributed by atoms with van der Waals surface area (Å²) in [6, 6.07) is 3.18. The summed E-state index contributed by atoms with van der Waals surface area (Å²) in [7, 11) is 0. The molecule has 0 aliphatic carbocycles. The highest BCUT2D eigenvalue weighted by Gasteiger charge is 2.30. The Labute approximate surface area is 166 Å². The van der Waals surface area contributed by atoms with Crippen molar-refractivity contribution in [3.05, 3.63) is 45.6 Å². The maximum absolute atomic E-state index is 13.2. The molecular formula is C23H20O6. The van der Waals surface area contributed by atoms with Gasteiger partial charge in [-0.25, -0.2) is 0 Å². The van der Waals surface area contributed by atoms with E-state index >= 15 is 0 Å². The summed E-state index contributed by atoms with van der Waals surface area (Å²) in [5.74, 6) is 0.218. The zero-order valence-corrected chi connectivity index (χ0v) is 16.5. The van der Waals surface area contributed by atoms with Gasteiger partial charge in [0.2, 0.25) is 11.2 Å². The van der Waals surface area contributed by atoms with Crippen molar-refractivity contribution in [2.75, 3.05) is 0 Å². The zero-order chi connectivity index (χ0) is 20.7. The molecule has 0 fully saturated rings. The molecule has 2 aromatic carbocycles. The lowest BCUT2D eigenvalue weighted by atomic mass is 9.98. The van der Waals surface area contributed by atoms with Gasteiger partial charge in [-0.1, -0.05) is 6.08 Å². The number of aromatic hydroxyl groups is 2. The van der Waals surface area contributed by atoms with Crippen LogP contribution in [-0.4, -0.2) is 21.4 Å². The average molecular weight is 392 g/mol. The quantitative estimate of drug-likeness (QED) is 0.538. The summed E-state index contributed by atoms with van der Waals surface area (Å²) in [5.41, 5.74) is -0.450. The van der Waals surface area contributed by atoms with Crippen LogP contribution in [0.2, 0.25) is 0 Å². The summed E-state index contributed by atoms with van der Waals surface area (Å²) in [5, 5.41) is 21.8. The molecule has 6 nitrogen and oxygen atoms in total. The average Bonchev–Trinajstić information content (AvgIpc) is 2.62. The molecule has 0 atom stereocenters. The predicted octanol–water partition coefficient (Wildman–Crippen LogP) is 4.73. The third-order valence-electron chi connectivity index (χ3n) is 5.24. The molecule has 3 heterocycles. The minimum Gasteiger partial charge on any atom is -0.506 e. The third-order valence-corrected chi connectivity index (χ3v) is 5.24. The summed E-state index contributed by atoms with van der Waals surface area (Å²) < 4.78 is 17.7. The van der Waals surface area contributed by atoms with E-state index in [-0.39, 0.29) is 39.2 Å². The van der Waals surface area contributed by atoms with Crippen LogP contribution >= 0.6 is 0 Å². The smallest absolute Gasteiger partial charge is 0.204 e. The number of phenols is 2. The van der Waals surface area contributed by atoms with Crippen LogP contribution in [-0.2, 0) is 0 Å². The second-order valence-corrected chi connectivity index (χ2v) is 8.54. The molecular weight excluding hydrogens is 372 g/mol. The van der Waals surface area contributed by atoms with E-state index in [9.17, 15) is 15.0 Å². The van der Waals surface area contributed by atoms with Crippen molar-refractivity contribution in [1.29, 1.82) is 0 Å². The first kappa shape index (κ1) is 17.7. The molecule has 1 aromatic heterocycles. The second kappa shape index (κ2) is 5.35. The van der Waals surface area contributed by atoms with Gasteiger partial charge in [0.1, 0.15) is 33.7 Å². The lowest BCUT2D eigenvalue weighted by Crippen LogP contribution is -2.27. The number of hydrogen-bond acceptors (Lipinski definition) is 6. The fourth-order valence-corrected chi connectivity index (χ4v) is 3.77. The maximum Gasteiger partial charge on any atom is 0.204 e. The minimum atomic E-state index is -0.599. The standard InChI is InChI=1S/C23H20O6/c1-22(2)8-6-12-14(28-22)10-15-16(17(12)24)18(25)13-9-11-5-7-23(3,4)29-20(11)19(26)21(13)27-15/h5-10,24,26H,1-4H3. The highest BCUT2D eigenvalue weighted by atomic mass is 16.5.